The topological polar surface area (TPSA) is 38.5 Å². The second kappa shape index (κ2) is 4.87. The summed E-state index contributed by atoms with van der Waals surface area (Å²) in [7, 11) is 2.19. The highest BCUT2D eigenvalue weighted by Gasteiger charge is 2.54. The van der Waals surface area contributed by atoms with Gasteiger partial charge in [-0.1, -0.05) is 6.92 Å². The van der Waals surface area contributed by atoms with Crippen LogP contribution in [0.2, 0.25) is 0 Å². The van der Waals surface area contributed by atoms with Crippen molar-refractivity contribution in [1.82, 2.24) is 4.90 Å². The first-order chi connectivity index (χ1) is 8.02. The average molecular weight is 240 g/mol. The monoisotopic (exact) mass is 240 g/mol. The third kappa shape index (κ3) is 2.83. The fourth-order valence-electron chi connectivity index (χ4n) is 2.57. The predicted octanol–water partition coefficient (Wildman–Crippen LogP) is 1.86. The van der Waals surface area contributed by atoms with Gasteiger partial charge in [-0.15, -0.1) is 0 Å². The van der Waals surface area contributed by atoms with Gasteiger partial charge < -0.3 is 10.5 Å². The van der Waals surface area contributed by atoms with Crippen molar-refractivity contribution < 1.29 is 4.74 Å². The molecule has 0 saturated heterocycles. The number of likely N-dealkylation sites (N-methyl/N-ethyl adjacent to an activating group) is 1. The minimum atomic E-state index is 0.135. The fraction of sp³-hybridized carbons (Fsp3) is 1.00. The molecule has 3 heteroatoms. The molecule has 0 amide bonds. The molecule has 2 aliphatic carbocycles. The lowest BCUT2D eigenvalue weighted by Gasteiger charge is -2.43. The Labute approximate surface area is 106 Å². The van der Waals surface area contributed by atoms with Crippen LogP contribution in [0.5, 0.6) is 0 Å². The van der Waals surface area contributed by atoms with Crippen LogP contribution in [0.15, 0.2) is 0 Å². The lowest BCUT2D eigenvalue weighted by Crippen LogP contribution is -2.56. The van der Waals surface area contributed by atoms with Gasteiger partial charge >= 0.3 is 0 Å². The summed E-state index contributed by atoms with van der Waals surface area (Å²) in [5, 5.41) is 0. The second-order valence-electron chi connectivity index (χ2n) is 6.48. The highest BCUT2D eigenvalue weighted by molar-refractivity contribution is 5.08. The Kier molecular flexibility index (Phi) is 3.81. The molecular weight excluding hydrogens is 212 g/mol. The molecule has 1 unspecified atom stereocenters. The Hall–Kier alpha value is -0.120. The molecule has 1 atom stereocenters. The Morgan fingerprint density at radius 3 is 2.53 bits per heavy atom. The van der Waals surface area contributed by atoms with Crippen molar-refractivity contribution >= 4 is 0 Å². The summed E-state index contributed by atoms with van der Waals surface area (Å²) in [6.45, 7) is 8.21. The van der Waals surface area contributed by atoms with E-state index in [1.54, 1.807) is 0 Å². The van der Waals surface area contributed by atoms with Crippen molar-refractivity contribution in [1.29, 1.82) is 0 Å². The number of hydrogen-bond acceptors (Lipinski definition) is 3. The van der Waals surface area contributed by atoms with Crippen LogP contribution in [0.1, 0.15) is 39.5 Å². The third-order valence-electron chi connectivity index (χ3n) is 5.16. The molecule has 2 aliphatic rings. The molecule has 0 aromatic rings. The summed E-state index contributed by atoms with van der Waals surface area (Å²) in [5.41, 5.74) is 6.57. The summed E-state index contributed by atoms with van der Waals surface area (Å²) in [6.07, 6.45) is 5.37. The molecule has 2 rings (SSSR count). The highest BCUT2D eigenvalue weighted by atomic mass is 16.5. The van der Waals surface area contributed by atoms with E-state index in [2.05, 4.69) is 25.8 Å². The van der Waals surface area contributed by atoms with Gasteiger partial charge in [0.2, 0.25) is 0 Å². The standard InChI is InChI=1S/C14H28N2O/c1-13(6-7-13)14(2,11-15)16(3)8-9-17-10-12-4-5-12/h12H,4-11,15H2,1-3H3. The molecule has 0 heterocycles. The molecule has 0 radical (unpaired) electrons. The van der Waals surface area contributed by atoms with E-state index >= 15 is 0 Å². The van der Waals surface area contributed by atoms with Crippen LogP contribution in [0.3, 0.4) is 0 Å². The molecule has 0 aromatic heterocycles. The van der Waals surface area contributed by atoms with Gasteiger partial charge in [0.15, 0.2) is 0 Å². The summed E-state index contributed by atoms with van der Waals surface area (Å²) in [6, 6.07) is 0. The fourth-order valence-corrected chi connectivity index (χ4v) is 2.57. The number of nitrogens with zero attached hydrogens (tertiary/aromatic N) is 1. The van der Waals surface area contributed by atoms with E-state index in [4.69, 9.17) is 10.5 Å². The van der Waals surface area contributed by atoms with Crippen molar-refractivity contribution in [2.75, 3.05) is 33.4 Å². The number of nitrogens with two attached hydrogens (primary N) is 1. The van der Waals surface area contributed by atoms with Crippen LogP contribution in [0.4, 0.5) is 0 Å². The van der Waals surface area contributed by atoms with Gasteiger partial charge in [0.1, 0.15) is 0 Å². The zero-order valence-electron chi connectivity index (χ0n) is 11.7. The maximum Gasteiger partial charge on any atom is 0.0593 e. The Morgan fingerprint density at radius 2 is 2.06 bits per heavy atom. The maximum atomic E-state index is 6.01. The van der Waals surface area contributed by atoms with E-state index in [-0.39, 0.29) is 5.54 Å². The van der Waals surface area contributed by atoms with Gasteiger partial charge in [-0.3, -0.25) is 4.90 Å². The first-order valence-corrected chi connectivity index (χ1v) is 7.01. The van der Waals surface area contributed by atoms with Crippen molar-refractivity contribution in [3.05, 3.63) is 0 Å². The Balaban J connectivity index is 1.73. The van der Waals surface area contributed by atoms with E-state index in [0.29, 0.717) is 5.41 Å². The lowest BCUT2D eigenvalue weighted by molar-refractivity contribution is 0.0331. The van der Waals surface area contributed by atoms with E-state index in [0.717, 1.165) is 32.2 Å². The van der Waals surface area contributed by atoms with Crippen LogP contribution in [-0.4, -0.2) is 43.8 Å². The third-order valence-corrected chi connectivity index (χ3v) is 5.16. The van der Waals surface area contributed by atoms with Gasteiger partial charge in [0.25, 0.3) is 0 Å². The minimum Gasteiger partial charge on any atom is -0.380 e. The molecule has 0 spiro atoms. The Morgan fingerprint density at radius 1 is 1.41 bits per heavy atom. The molecule has 0 aliphatic heterocycles. The van der Waals surface area contributed by atoms with Gasteiger partial charge in [-0.25, -0.2) is 0 Å². The predicted molar refractivity (Wildman–Crippen MR) is 71.0 cm³/mol. The average Bonchev–Trinajstić information content (AvgIpc) is 3.20. The molecule has 17 heavy (non-hydrogen) atoms. The van der Waals surface area contributed by atoms with Crippen molar-refractivity contribution in [2.45, 2.75) is 45.1 Å². The summed E-state index contributed by atoms with van der Waals surface area (Å²) in [5.74, 6) is 0.863. The first-order valence-electron chi connectivity index (χ1n) is 7.01. The molecule has 0 aromatic carbocycles. The normalized spacial score (nSPS) is 25.9. The summed E-state index contributed by atoms with van der Waals surface area (Å²) >= 11 is 0. The van der Waals surface area contributed by atoms with Gasteiger partial charge in [0.05, 0.1) is 6.61 Å². The van der Waals surface area contributed by atoms with Crippen LogP contribution >= 0.6 is 0 Å². The van der Waals surface area contributed by atoms with E-state index in [9.17, 15) is 0 Å². The van der Waals surface area contributed by atoms with E-state index in [1.807, 2.05) is 0 Å². The molecule has 2 N–H and O–H groups in total. The molecule has 2 fully saturated rings. The number of rotatable bonds is 8. The van der Waals surface area contributed by atoms with E-state index in [1.165, 1.54) is 25.7 Å². The van der Waals surface area contributed by atoms with Crippen LogP contribution in [0, 0.1) is 11.3 Å². The van der Waals surface area contributed by atoms with E-state index < -0.39 is 0 Å². The second-order valence-corrected chi connectivity index (χ2v) is 6.48. The van der Waals surface area contributed by atoms with Crippen LogP contribution in [-0.2, 0) is 4.74 Å². The smallest absolute Gasteiger partial charge is 0.0593 e. The summed E-state index contributed by atoms with van der Waals surface area (Å²) < 4.78 is 5.72. The van der Waals surface area contributed by atoms with Crippen LogP contribution < -0.4 is 5.73 Å². The number of ether oxygens (including phenoxy) is 1. The van der Waals surface area contributed by atoms with Gasteiger partial charge in [-0.05, 0) is 51.0 Å². The van der Waals surface area contributed by atoms with Crippen LogP contribution in [0.25, 0.3) is 0 Å². The first kappa shape index (κ1) is 13.3. The highest BCUT2D eigenvalue weighted by Crippen LogP contribution is 2.55. The lowest BCUT2D eigenvalue weighted by atomic mass is 9.82. The quantitative estimate of drug-likeness (QED) is 0.658. The largest absolute Gasteiger partial charge is 0.380 e. The Bertz CT molecular complexity index is 261. The zero-order chi connectivity index (χ0) is 12.5. The molecule has 2 saturated carbocycles. The zero-order valence-corrected chi connectivity index (χ0v) is 11.7. The molecular formula is C14H28N2O. The SMILES string of the molecule is CN(CCOCC1CC1)C(C)(CN)C1(C)CC1. The van der Waals surface area contributed by atoms with Crippen molar-refractivity contribution in [2.24, 2.45) is 17.1 Å². The minimum absolute atomic E-state index is 0.135. The van der Waals surface area contributed by atoms with Crippen molar-refractivity contribution in [3.63, 3.8) is 0 Å². The molecule has 0 bridgehead atoms. The summed E-state index contributed by atoms with van der Waals surface area (Å²) in [4.78, 5) is 2.41. The van der Waals surface area contributed by atoms with Gasteiger partial charge in [0, 0.05) is 25.2 Å². The molecule has 3 nitrogen and oxygen atoms in total. The number of hydrogen-bond donors (Lipinski definition) is 1. The van der Waals surface area contributed by atoms with Gasteiger partial charge in [-0.2, -0.15) is 0 Å². The maximum absolute atomic E-state index is 6.01. The molecule has 100 valence electrons. The van der Waals surface area contributed by atoms with Crippen molar-refractivity contribution in [3.8, 4) is 0 Å².